The Labute approximate surface area is 114 Å². The van der Waals surface area contributed by atoms with Gasteiger partial charge in [-0.25, -0.2) is 0 Å². The molecule has 2 nitrogen and oxygen atoms in total. The minimum Gasteiger partial charge on any atom is -0.349 e. The van der Waals surface area contributed by atoms with Crippen molar-refractivity contribution in [2.45, 2.75) is 13.0 Å². The molecule has 1 atom stereocenters. The van der Waals surface area contributed by atoms with E-state index < -0.39 is 0 Å². The lowest BCUT2D eigenvalue weighted by Gasteiger charge is -2.10. The van der Waals surface area contributed by atoms with Crippen molar-refractivity contribution in [3.63, 3.8) is 0 Å². The summed E-state index contributed by atoms with van der Waals surface area (Å²) in [5, 5.41) is 3.62. The van der Waals surface area contributed by atoms with Crippen molar-refractivity contribution < 1.29 is 4.79 Å². The predicted molar refractivity (Wildman–Crippen MR) is 72.6 cm³/mol. The topological polar surface area (TPSA) is 29.1 Å². The van der Waals surface area contributed by atoms with Crippen molar-refractivity contribution >= 4 is 53.7 Å². The van der Waals surface area contributed by atoms with Gasteiger partial charge in [-0.3, -0.25) is 4.79 Å². The first kappa shape index (κ1) is 13.2. The fraction of sp³-hybridized carbons (Fsp3) is 0.300. The zero-order chi connectivity index (χ0) is 11.4. The highest BCUT2D eigenvalue weighted by molar-refractivity contribution is 9.11. The summed E-state index contributed by atoms with van der Waals surface area (Å²) in [6.45, 7) is 1.94. The largest absolute Gasteiger partial charge is 0.349 e. The summed E-state index contributed by atoms with van der Waals surface area (Å²) in [7, 11) is 0. The molecule has 15 heavy (non-hydrogen) atoms. The lowest BCUT2D eigenvalue weighted by atomic mass is 10.2. The van der Waals surface area contributed by atoms with Crippen molar-refractivity contribution in [2.75, 3.05) is 5.33 Å². The lowest BCUT2D eigenvalue weighted by Crippen LogP contribution is -2.33. The van der Waals surface area contributed by atoms with Crippen LogP contribution >= 0.6 is 47.8 Å². The van der Waals surface area contributed by atoms with Crippen LogP contribution < -0.4 is 5.32 Å². The molecule has 0 bridgehead atoms. The fourth-order valence-corrected chi connectivity index (χ4v) is 2.49. The van der Waals surface area contributed by atoms with Crippen LogP contribution in [-0.4, -0.2) is 17.3 Å². The van der Waals surface area contributed by atoms with Crippen LogP contribution in [-0.2, 0) is 0 Å². The van der Waals surface area contributed by atoms with Gasteiger partial charge in [0.2, 0.25) is 0 Å². The summed E-state index contributed by atoms with van der Waals surface area (Å²) in [6, 6.07) is 5.60. The molecule has 0 aliphatic rings. The number of nitrogens with one attached hydrogen (secondary N) is 1. The van der Waals surface area contributed by atoms with Crippen LogP contribution in [0.15, 0.2) is 27.1 Å². The van der Waals surface area contributed by atoms with Crippen LogP contribution in [0.25, 0.3) is 0 Å². The molecule has 0 spiro atoms. The third-order valence-electron chi connectivity index (χ3n) is 1.73. The van der Waals surface area contributed by atoms with E-state index in [1.807, 2.05) is 13.0 Å². The Kier molecular flexibility index (Phi) is 5.29. The molecule has 0 heterocycles. The predicted octanol–water partition coefficient (Wildman–Crippen LogP) is 3.72. The van der Waals surface area contributed by atoms with Gasteiger partial charge >= 0.3 is 0 Å². The van der Waals surface area contributed by atoms with Crippen molar-refractivity contribution in [1.82, 2.24) is 5.32 Å². The molecule has 1 aromatic carbocycles. The SMILES string of the molecule is CC(CBr)NC(=O)c1cc(Br)cc(Br)c1. The maximum Gasteiger partial charge on any atom is 0.251 e. The Morgan fingerprint density at radius 1 is 1.33 bits per heavy atom. The second-order valence-corrected chi connectivity index (χ2v) is 5.67. The molecule has 5 heteroatoms. The van der Waals surface area contributed by atoms with Crippen LogP contribution in [0.3, 0.4) is 0 Å². The van der Waals surface area contributed by atoms with Gasteiger partial charge in [-0.15, -0.1) is 0 Å². The maximum absolute atomic E-state index is 11.7. The first-order valence-corrected chi connectivity index (χ1v) is 7.06. The molecule has 0 saturated heterocycles. The summed E-state index contributed by atoms with van der Waals surface area (Å²) >= 11 is 10.0. The van der Waals surface area contributed by atoms with Gasteiger partial charge in [-0.2, -0.15) is 0 Å². The van der Waals surface area contributed by atoms with E-state index in [1.165, 1.54) is 0 Å². The summed E-state index contributed by atoms with van der Waals surface area (Å²) in [5.74, 6) is -0.0658. The van der Waals surface area contributed by atoms with Gasteiger partial charge in [0.15, 0.2) is 0 Å². The Hall–Kier alpha value is 0.130. The third-order valence-corrected chi connectivity index (χ3v) is 3.62. The highest BCUT2D eigenvalue weighted by Crippen LogP contribution is 2.20. The van der Waals surface area contributed by atoms with Crippen LogP contribution in [0.2, 0.25) is 0 Å². The number of halogens is 3. The van der Waals surface area contributed by atoms with E-state index >= 15 is 0 Å². The minimum atomic E-state index is -0.0658. The van der Waals surface area contributed by atoms with Gasteiger partial charge in [0.25, 0.3) is 5.91 Å². The number of hydrogen-bond acceptors (Lipinski definition) is 1. The van der Waals surface area contributed by atoms with E-state index in [0.29, 0.717) is 5.56 Å². The third kappa shape index (κ3) is 4.25. The number of hydrogen-bond donors (Lipinski definition) is 1. The standard InChI is InChI=1S/C10H10Br3NO/c1-6(5-11)14-10(15)7-2-8(12)4-9(13)3-7/h2-4,6H,5H2,1H3,(H,14,15). The summed E-state index contributed by atoms with van der Waals surface area (Å²) < 4.78 is 1.77. The Morgan fingerprint density at radius 3 is 2.33 bits per heavy atom. The molecular formula is C10H10Br3NO. The molecule has 0 aliphatic heterocycles. The van der Waals surface area contributed by atoms with Crippen molar-refractivity contribution in [1.29, 1.82) is 0 Å². The lowest BCUT2D eigenvalue weighted by molar-refractivity contribution is 0.0944. The molecule has 82 valence electrons. The molecule has 1 N–H and O–H groups in total. The van der Waals surface area contributed by atoms with E-state index in [4.69, 9.17) is 0 Å². The number of carbonyl (C=O) groups is 1. The van der Waals surface area contributed by atoms with E-state index in [9.17, 15) is 4.79 Å². The molecule has 1 amide bonds. The zero-order valence-electron chi connectivity index (χ0n) is 8.06. The Bertz CT molecular complexity index is 347. The van der Waals surface area contributed by atoms with Crippen LogP contribution in [0.1, 0.15) is 17.3 Å². The van der Waals surface area contributed by atoms with E-state index in [1.54, 1.807) is 12.1 Å². The van der Waals surface area contributed by atoms with Gasteiger partial charge in [0.05, 0.1) is 0 Å². The van der Waals surface area contributed by atoms with Crippen molar-refractivity contribution in [2.24, 2.45) is 0 Å². The van der Waals surface area contributed by atoms with Crippen LogP contribution in [0.5, 0.6) is 0 Å². The first-order valence-electron chi connectivity index (χ1n) is 4.36. The average molecular weight is 400 g/mol. The molecule has 0 fully saturated rings. The van der Waals surface area contributed by atoms with E-state index in [-0.39, 0.29) is 11.9 Å². The van der Waals surface area contributed by atoms with Crippen LogP contribution in [0.4, 0.5) is 0 Å². The van der Waals surface area contributed by atoms with Gasteiger partial charge in [0.1, 0.15) is 0 Å². The second kappa shape index (κ2) is 6.01. The molecule has 0 saturated carbocycles. The molecule has 0 aromatic heterocycles. The van der Waals surface area contributed by atoms with E-state index in [2.05, 4.69) is 53.1 Å². The normalized spacial score (nSPS) is 12.3. The first-order chi connectivity index (χ1) is 7.02. The molecule has 0 radical (unpaired) electrons. The highest BCUT2D eigenvalue weighted by atomic mass is 79.9. The number of amides is 1. The zero-order valence-corrected chi connectivity index (χ0v) is 12.8. The molecule has 0 aliphatic carbocycles. The fourth-order valence-electron chi connectivity index (χ4n) is 1.03. The van der Waals surface area contributed by atoms with Gasteiger partial charge in [0, 0.05) is 25.9 Å². The summed E-state index contributed by atoms with van der Waals surface area (Å²) in [6.07, 6.45) is 0. The number of alkyl halides is 1. The Morgan fingerprint density at radius 2 is 1.87 bits per heavy atom. The second-order valence-electron chi connectivity index (χ2n) is 3.19. The summed E-state index contributed by atoms with van der Waals surface area (Å²) in [4.78, 5) is 11.7. The van der Waals surface area contributed by atoms with Crippen LogP contribution in [0, 0.1) is 0 Å². The number of rotatable bonds is 3. The number of benzene rings is 1. The summed E-state index contributed by atoms with van der Waals surface area (Å²) in [5.41, 5.74) is 0.643. The van der Waals surface area contributed by atoms with Gasteiger partial charge in [-0.1, -0.05) is 47.8 Å². The number of carbonyl (C=O) groups excluding carboxylic acids is 1. The molecule has 1 rings (SSSR count). The maximum atomic E-state index is 11.7. The Balaban J connectivity index is 2.82. The molecule has 1 aromatic rings. The molecule has 1 unspecified atom stereocenters. The van der Waals surface area contributed by atoms with Crippen molar-refractivity contribution in [3.8, 4) is 0 Å². The quantitative estimate of drug-likeness (QED) is 0.771. The van der Waals surface area contributed by atoms with Gasteiger partial charge in [-0.05, 0) is 25.1 Å². The van der Waals surface area contributed by atoms with Crippen molar-refractivity contribution in [3.05, 3.63) is 32.7 Å². The average Bonchev–Trinajstić information content (AvgIpc) is 2.16. The highest BCUT2D eigenvalue weighted by Gasteiger charge is 2.09. The smallest absolute Gasteiger partial charge is 0.251 e. The van der Waals surface area contributed by atoms with E-state index in [0.717, 1.165) is 14.3 Å². The molecular weight excluding hydrogens is 390 g/mol. The minimum absolute atomic E-state index is 0.0658. The van der Waals surface area contributed by atoms with Gasteiger partial charge < -0.3 is 5.32 Å². The monoisotopic (exact) mass is 397 g/mol.